The summed E-state index contributed by atoms with van der Waals surface area (Å²) in [5.41, 5.74) is 5.28. The molecule has 0 unspecified atom stereocenters. The number of benzene rings is 1. The third-order valence-electron chi connectivity index (χ3n) is 3.96. The summed E-state index contributed by atoms with van der Waals surface area (Å²) in [7, 11) is -2.52. The van der Waals surface area contributed by atoms with Gasteiger partial charge in [0, 0.05) is 12.1 Å². The van der Waals surface area contributed by atoms with Crippen LogP contribution >= 0.6 is 24.0 Å². The van der Waals surface area contributed by atoms with Gasteiger partial charge in [0.25, 0.3) is 0 Å². The number of nitrogens with one attached hydrogen (secondary N) is 1. The van der Waals surface area contributed by atoms with Gasteiger partial charge >= 0.3 is 5.97 Å². The van der Waals surface area contributed by atoms with Gasteiger partial charge in [0.1, 0.15) is 0 Å². The lowest BCUT2D eigenvalue weighted by Crippen LogP contribution is -2.51. The van der Waals surface area contributed by atoms with Crippen molar-refractivity contribution in [1.29, 1.82) is 0 Å². The third kappa shape index (κ3) is 4.36. The molecule has 23 heavy (non-hydrogen) atoms. The minimum atomic E-state index is -3.75. The van der Waals surface area contributed by atoms with Crippen LogP contribution in [0.3, 0.4) is 0 Å². The smallest absolute Gasteiger partial charge is 0.339 e. The predicted molar refractivity (Wildman–Crippen MR) is 90.6 cm³/mol. The van der Waals surface area contributed by atoms with E-state index in [1.165, 1.54) is 25.3 Å². The molecule has 2 rings (SSSR count). The second-order valence-corrected chi connectivity index (χ2v) is 7.52. The zero-order chi connectivity index (χ0) is 16.4. The molecule has 1 aliphatic carbocycles. The number of sulfonamides is 1. The van der Waals surface area contributed by atoms with Crippen molar-refractivity contribution in [2.24, 2.45) is 5.73 Å². The van der Waals surface area contributed by atoms with Crippen molar-refractivity contribution in [3.05, 3.63) is 28.8 Å². The maximum atomic E-state index is 12.5. The summed E-state index contributed by atoms with van der Waals surface area (Å²) in [5.74, 6) is -0.615. The highest BCUT2D eigenvalue weighted by atomic mass is 35.5. The zero-order valence-electron chi connectivity index (χ0n) is 12.7. The number of esters is 1. The fourth-order valence-corrected chi connectivity index (χ4v) is 4.50. The van der Waals surface area contributed by atoms with E-state index in [1.54, 1.807) is 0 Å². The minimum absolute atomic E-state index is 0. The lowest BCUT2D eigenvalue weighted by molar-refractivity contribution is 0.0601. The summed E-state index contributed by atoms with van der Waals surface area (Å²) in [4.78, 5) is 11.5. The van der Waals surface area contributed by atoms with Crippen LogP contribution in [-0.4, -0.2) is 33.6 Å². The van der Waals surface area contributed by atoms with Crippen LogP contribution in [0.15, 0.2) is 23.1 Å². The predicted octanol–water partition coefficient (Wildman–Crippen LogP) is 2.10. The lowest BCUT2D eigenvalue weighted by Gasteiger charge is -2.28. The van der Waals surface area contributed by atoms with Gasteiger partial charge in [-0.15, -0.1) is 12.4 Å². The van der Waals surface area contributed by atoms with Crippen molar-refractivity contribution in [3.8, 4) is 0 Å². The van der Waals surface area contributed by atoms with Crippen LogP contribution in [-0.2, 0) is 14.8 Å². The molecule has 0 aliphatic heterocycles. The van der Waals surface area contributed by atoms with Gasteiger partial charge in [-0.3, -0.25) is 0 Å². The number of carbonyl (C=O) groups excluding carboxylic acids is 1. The Labute approximate surface area is 147 Å². The van der Waals surface area contributed by atoms with Crippen molar-refractivity contribution in [2.45, 2.75) is 36.1 Å². The normalized spacial score (nSPS) is 16.7. The molecule has 130 valence electrons. The molecule has 1 fully saturated rings. The topological polar surface area (TPSA) is 98.5 Å². The van der Waals surface area contributed by atoms with Gasteiger partial charge in [0.15, 0.2) is 0 Å². The Kier molecular flexibility index (Phi) is 6.85. The molecular formula is C14H20Cl2N2O4S. The number of nitrogens with two attached hydrogens (primary N) is 1. The lowest BCUT2D eigenvalue weighted by atomic mass is 10.0. The largest absolute Gasteiger partial charge is 0.465 e. The number of halogens is 2. The fraction of sp³-hybridized carbons (Fsp3) is 0.500. The number of carbonyl (C=O) groups is 1. The molecule has 0 heterocycles. The highest BCUT2D eigenvalue weighted by Gasteiger charge is 2.37. The minimum Gasteiger partial charge on any atom is -0.465 e. The second kappa shape index (κ2) is 7.81. The van der Waals surface area contributed by atoms with Gasteiger partial charge < -0.3 is 10.5 Å². The number of ether oxygens (including phenoxy) is 1. The molecular weight excluding hydrogens is 363 g/mol. The van der Waals surface area contributed by atoms with E-state index < -0.39 is 21.5 Å². The molecule has 6 nitrogen and oxygen atoms in total. The van der Waals surface area contributed by atoms with Crippen LogP contribution in [0.2, 0.25) is 5.02 Å². The van der Waals surface area contributed by atoms with Crippen LogP contribution in [0.4, 0.5) is 0 Å². The Morgan fingerprint density at radius 2 is 2.00 bits per heavy atom. The molecule has 0 saturated heterocycles. The van der Waals surface area contributed by atoms with E-state index in [1.807, 2.05) is 0 Å². The SMILES string of the molecule is COC(=O)c1ccc(S(=O)(=O)NC2(CN)CCCC2)cc1Cl.Cl. The number of rotatable bonds is 5. The highest BCUT2D eigenvalue weighted by molar-refractivity contribution is 7.89. The monoisotopic (exact) mass is 382 g/mol. The first kappa shape index (κ1) is 20.2. The summed E-state index contributed by atoms with van der Waals surface area (Å²) in [6.45, 7) is 0.250. The van der Waals surface area contributed by atoms with E-state index in [-0.39, 0.29) is 34.4 Å². The first-order chi connectivity index (χ1) is 10.3. The standard InChI is InChI=1S/C14H19ClN2O4S.ClH/c1-21-13(18)11-5-4-10(8-12(11)15)22(19,20)17-14(9-16)6-2-3-7-14;/h4-5,8,17H,2-3,6-7,9,16H2,1H3;1H. The van der Waals surface area contributed by atoms with Crippen LogP contribution in [0.25, 0.3) is 0 Å². The molecule has 0 spiro atoms. The fourth-order valence-electron chi connectivity index (χ4n) is 2.68. The van der Waals surface area contributed by atoms with Crippen molar-refractivity contribution < 1.29 is 17.9 Å². The Hall–Kier alpha value is -0.860. The van der Waals surface area contributed by atoms with Gasteiger partial charge in [0.05, 0.1) is 22.6 Å². The van der Waals surface area contributed by atoms with Gasteiger partial charge in [-0.1, -0.05) is 24.4 Å². The van der Waals surface area contributed by atoms with Crippen LogP contribution in [0, 0.1) is 0 Å². The average molecular weight is 383 g/mol. The summed E-state index contributed by atoms with van der Waals surface area (Å²) in [6, 6.07) is 3.92. The Bertz CT molecular complexity index is 673. The summed E-state index contributed by atoms with van der Waals surface area (Å²) in [5, 5.41) is 0.0305. The van der Waals surface area contributed by atoms with Crippen molar-refractivity contribution in [2.75, 3.05) is 13.7 Å². The van der Waals surface area contributed by atoms with E-state index in [4.69, 9.17) is 17.3 Å². The third-order valence-corrected chi connectivity index (χ3v) is 5.85. The van der Waals surface area contributed by atoms with Gasteiger partial charge in [-0.05, 0) is 31.0 Å². The molecule has 1 aromatic rings. The van der Waals surface area contributed by atoms with E-state index in [9.17, 15) is 13.2 Å². The van der Waals surface area contributed by atoms with Crippen LogP contribution < -0.4 is 10.5 Å². The quantitative estimate of drug-likeness (QED) is 0.759. The molecule has 1 aliphatic rings. The van der Waals surface area contributed by atoms with Crippen molar-refractivity contribution >= 4 is 40.0 Å². The Balaban J connectivity index is 0.00000264. The number of hydrogen-bond acceptors (Lipinski definition) is 5. The Morgan fingerprint density at radius 1 is 1.39 bits per heavy atom. The maximum absolute atomic E-state index is 12.5. The average Bonchev–Trinajstić information content (AvgIpc) is 2.94. The molecule has 0 aromatic heterocycles. The molecule has 0 amide bonds. The van der Waals surface area contributed by atoms with Crippen LogP contribution in [0.1, 0.15) is 36.0 Å². The Morgan fingerprint density at radius 3 is 2.48 bits per heavy atom. The summed E-state index contributed by atoms with van der Waals surface area (Å²) < 4.78 is 32.3. The molecule has 9 heteroatoms. The summed E-state index contributed by atoms with van der Waals surface area (Å²) >= 11 is 5.98. The maximum Gasteiger partial charge on any atom is 0.339 e. The molecule has 3 N–H and O–H groups in total. The van der Waals surface area contributed by atoms with E-state index in [2.05, 4.69) is 9.46 Å². The van der Waals surface area contributed by atoms with Crippen molar-refractivity contribution in [3.63, 3.8) is 0 Å². The van der Waals surface area contributed by atoms with E-state index in [0.29, 0.717) is 0 Å². The first-order valence-corrected chi connectivity index (χ1v) is 8.82. The van der Waals surface area contributed by atoms with E-state index in [0.717, 1.165) is 25.7 Å². The molecule has 1 aromatic carbocycles. The number of methoxy groups -OCH3 is 1. The molecule has 0 atom stereocenters. The summed E-state index contributed by atoms with van der Waals surface area (Å²) in [6.07, 6.45) is 3.33. The zero-order valence-corrected chi connectivity index (χ0v) is 15.1. The highest BCUT2D eigenvalue weighted by Crippen LogP contribution is 2.31. The van der Waals surface area contributed by atoms with Gasteiger partial charge in [0.2, 0.25) is 10.0 Å². The van der Waals surface area contributed by atoms with E-state index >= 15 is 0 Å². The van der Waals surface area contributed by atoms with Gasteiger partial charge in [-0.25, -0.2) is 17.9 Å². The second-order valence-electron chi connectivity index (χ2n) is 5.43. The molecule has 1 saturated carbocycles. The molecule has 0 bridgehead atoms. The molecule has 0 radical (unpaired) electrons. The van der Waals surface area contributed by atoms with Gasteiger partial charge in [-0.2, -0.15) is 0 Å². The van der Waals surface area contributed by atoms with Crippen LogP contribution in [0.5, 0.6) is 0 Å². The first-order valence-electron chi connectivity index (χ1n) is 6.95. The van der Waals surface area contributed by atoms with Crippen molar-refractivity contribution in [1.82, 2.24) is 4.72 Å². The number of hydrogen-bond donors (Lipinski definition) is 2.